The van der Waals surface area contributed by atoms with Crippen molar-refractivity contribution in [2.75, 3.05) is 0 Å². The van der Waals surface area contributed by atoms with Crippen molar-refractivity contribution < 1.29 is 110 Å². The van der Waals surface area contributed by atoms with Crippen LogP contribution in [0.1, 0.15) is 55.4 Å². The second kappa shape index (κ2) is 57.5. The molecule has 0 aliphatic heterocycles. The van der Waals surface area contributed by atoms with E-state index in [0.717, 1.165) is 55.4 Å². The van der Waals surface area contributed by atoms with Gasteiger partial charge in [0, 0.05) is 47.8 Å². The van der Waals surface area contributed by atoms with Crippen LogP contribution in [0.15, 0.2) is 0 Å². The number of carboxylic acids is 8. The average Bonchev–Trinajstić information content (AvgIpc) is 2.30. The van der Waals surface area contributed by atoms with Gasteiger partial charge in [-0.1, -0.05) is 0 Å². The Morgan fingerprint density at radius 1 is 0.294 bits per heavy atom. The van der Waals surface area contributed by atoms with Crippen molar-refractivity contribution >= 4 is 70.8 Å². The largest absolute Gasteiger partial charge is 6.00 e. The first-order valence-corrected chi connectivity index (χ1v) is 7.27. The van der Waals surface area contributed by atoms with Crippen molar-refractivity contribution in [3.8, 4) is 0 Å². The molecule has 0 amide bonds. The molecule has 0 heterocycles. The molecular weight excluding hydrogens is 710 g/mol. The van der Waals surface area contributed by atoms with Crippen LogP contribution in [0, 0.1) is 31.1 Å². The summed E-state index contributed by atoms with van der Waals surface area (Å²) in [6.45, 7) is 7.78. The third kappa shape index (κ3) is 4120. The van der Waals surface area contributed by atoms with Gasteiger partial charge < -0.3 is 79.2 Å². The summed E-state index contributed by atoms with van der Waals surface area (Å²) in [5.41, 5.74) is 0. The Kier molecular flexibility index (Phi) is 107. The van der Waals surface area contributed by atoms with Gasteiger partial charge in [-0.2, -0.15) is 0 Å². The van der Waals surface area contributed by atoms with E-state index in [1.807, 2.05) is 0 Å². The first-order valence-electron chi connectivity index (χ1n) is 7.27. The van der Waals surface area contributed by atoms with E-state index in [-0.39, 0.29) is 54.2 Å². The molecule has 0 saturated carbocycles. The molecule has 0 spiro atoms. The van der Waals surface area contributed by atoms with Crippen LogP contribution in [0.5, 0.6) is 0 Å². The normalized spacial score (nSPS) is 5.88. The maximum absolute atomic E-state index is 8.89. The van der Waals surface area contributed by atoms with E-state index >= 15 is 0 Å². The smallest absolute Gasteiger partial charge is 0.550 e. The van der Waals surface area contributed by atoms with Gasteiger partial charge in [-0.3, -0.25) is 0 Å². The molecule has 34 heavy (non-hydrogen) atoms. The molecule has 0 N–H and O–H groups in total. The Bertz CT molecular complexity index is 373. The van der Waals surface area contributed by atoms with E-state index in [4.69, 9.17) is 79.2 Å². The quantitative estimate of drug-likeness (QED) is 0.209. The number of hydrogen-bond acceptors (Lipinski definition) is 16. The van der Waals surface area contributed by atoms with Gasteiger partial charge in [0.15, 0.2) is 0 Å². The number of hydrogen-bond donors (Lipinski definition) is 0. The van der Waals surface area contributed by atoms with E-state index in [2.05, 4.69) is 0 Å². The first-order chi connectivity index (χ1) is 13.9. The van der Waals surface area contributed by atoms with Gasteiger partial charge in [-0.15, -0.1) is 0 Å². The molecule has 0 fully saturated rings. The van der Waals surface area contributed by atoms with Gasteiger partial charge in [0.25, 0.3) is 0 Å². The predicted molar refractivity (Wildman–Crippen MR) is 91.2 cm³/mol. The molecule has 0 bridgehead atoms. The van der Waals surface area contributed by atoms with Crippen molar-refractivity contribution in [1.29, 1.82) is 0 Å². The minimum absolute atomic E-state index is 0. The Morgan fingerprint density at radius 3 is 0.294 bits per heavy atom. The maximum Gasteiger partial charge on any atom is 6.00 e. The minimum Gasteiger partial charge on any atom is -0.550 e. The molecule has 0 aromatic rings. The van der Waals surface area contributed by atoms with E-state index in [1.165, 1.54) is 0 Å². The Balaban J connectivity index is -0.0000000240. The monoisotopic (exact) mass is 734 g/mol. The van der Waals surface area contributed by atoms with Crippen molar-refractivity contribution in [3.05, 3.63) is 0 Å². The molecule has 0 aromatic heterocycles. The van der Waals surface area contributed by atoms with Crippen LogP contribution in [0.4, 0.5) is 0 Å². The summed E-state index contributed by atoms with van der Waals surface area (Å²) in [5, 5.41) is 71.1. The summed E-state index contributed by atoms with van der Waals surface area (Å²) in [6.07, 6.45) is 0. The number of carbonyl (C=O) groups is 8. The Morgan fingerprint density at radius 2 is 0.294 bits per heavy atom. The average molecular weight is 735 g/mol. The number of aliphatic carboxylic acids is 8. The fourth-order valence-electron chi connectivity index (χ4n) is 0. The fourth-order valence-corrected chi connectivity index (χ4v) is 0. The zero-order valence-electron chi connectivity index (χ0n) is 19.7. The van der Waals surface area contributed by atoms with Gasteiger partial charge in [0.1, 0.15) is 0 Å². The second-order valence-electron chi connectivity index (χ2n) is 3.93. The number of carbonyl (C=O) groups excluding carboxylic acids is 8. The zero-order valence-corrected chi connectivity index (χ0v) is 25.3. The molecule has 0 aromatic carbocycles. The Hall–Kier alpha value is -2.42. The van der Waals surface area contributed by atoms with Crippen molar-refractivity contribution in [3.63, 3.8) is 0 Å². The first kappa shape index (κ1) is 63.4. The van der Waals surface area contributed by atoms with Gasteiger partial charge in [-0.05, 0) is 55.4 Å². The Labute approximate surface area is 235 Å². The van der Waals surface area contributed by atoms with Gasteiger partial charge in [-0.25, -0.2) is 0 Å². The van der Waals surface area contributed by atoms with E-state index < -0.39 is 47.8 Å². The third-order valence-corrected chi connectivity index (χ3v) is 0. The second-order valence-corrected chi connectivity index (χ2v) is 3.93. The minimum atomic E-state index is -1.08. The topological polar surface area (TPSA) is 321 Å². The molecule has 0 aliphatic rings. The molecule has 190 valence electrons. The summed E-state index contributed by atoms with van der Waals surface area (Å²) in [5.74, 6) is -8.67. The van der Waals surface area contributed by atoms with Gasteiger partial charge in [0.05, 0.1) is 0 Å². The summed E-state index contributed by atoms with van der Waals surface area (Å²) >= 11 is 0. The summed E-state index contributed by atoms with van der Waals surface area (Å²) in [7, 11) is 0. The van der Waals surface area contributed by atoms with Crippen molar-refractivity contribution in [2.45, 2.75) is 55.4 Å². The van der Waals surface area contributed by atoms with E-state index in [9.17, 15) is 0 Å². The summed E-state index contributed by atoms with van der Waals surface area (Å²) in [6, 6.07) is 0. The molecule has 0 saturated heterocycles. The van der Waals surface area contributed by atoms with Crippen LogP contribution in [0.3, 0.4) is 0 Å². The van der Waals surface area contributed by atoms with Crippen LogP contribution < -0.4 is 40.9 Å². The SMILES string of the molecule is CC(=O)[O-].CC(=O)[O-].CC(=O)[O-].CC(=O)[O-].CC(=O)[O-].CC(=O)[O-].CC(=O)[O-].CC(=O)[O-].[Mg+2].[U+6]. The molecule has 0 atom stereocenters. The van der Waals surface area contributed by atoms with Gasteiger partial charge in [0.2, 0.25) is 0 Å². The van der Waals surface area contributed by atoms with Crippen LogP contribution in [0.25, 0.3) is 0 Å². The van der Waals surface area contributed by atoms with Crippen LogP contribution in [0.2, 0.25) is 0 Å². The molecule has 0 rings (SSSR count). The standard InChI is InChI=1S/8C2H4O2.Mg.U/c8*1-2(3)4;;/h8*1H3,(H,3,4);;/q;;;;;;;;+2;+6/p-8. The molecule has 16 nitrogen and oxygen atoms in total. The zero-order chi connectivity index (χ0) is 28.6. The van der Waals surface area contributed by atoms with Crippen molar-refractivity contribution in [1.82, 2.24) is 0 Å². The summed E-state index contributed by atoms with van der Waals surface area (Å²) in [4.78, 5) is 71.1. The molecule has 0 unspecified atom stereocenters. The van der Waals surface area contributed by atoms with Gasteiger partial charge >= 0.3 is 54.2 Å². The molecule has 0 aliphatic carbocycles. The van der Waals surface area contributed by atoms with Crippen molar-refractivity contribution in [2.24, 2.45) is 0 Å². The summed E-state index contributed by atoms with van der Waals surface area (Å²) < 4.78 is 0. The van der Waals surface area contributed by atoms with E-state index in [1.54, 1.807) is 0 Å². The van der Waals surface area contributed by atoms with E-state index in [0.29, 0.717) is 0 Å². The maximum atomic E-state index is 8.89. The predicted octanol–water partition coefficient (Wildman–Crippen LogP) is -10.3. The fraction of sp³-hybridized carbons (Fsp3) is 0.500. The molecule has 18 heteroatoms. The third-order valence-electron chi connectivity index (χ3n) is 0. The van der Waals surface area contributed by atoms with Crippen LogP contribution in [-0.4, -0.2) is 70.8 Å². The van der Waals surface area contributed by atoms with Crippen LogP contribution in [-0.2, 0) is 38.4 Å². The molecule has 0 radical (unpaired) electrons. The molecular formula is C16H24MgO16U. The number of rotatable bonds is 0. The van der Waals surface area contributed by atoms with Crippen LogP contribution >= 0.6 is 0 Å². The number of carboxylic acid groups (broad SMARTS) is 8.